The fraction of sp³-hybridized carbons (Fsp3) is 0.200. The number of nitrogens with one attached hydrogen (secondary N) is 1. The minimum absolute atomic E-state index is 0.0386. The molecule has 0 aliphatic heterocycles. The van der Waals surface area contributed by atoms with Crippen LogP contribution >= 0.6 is 15.9 Å². The zero-order valence-electron chi connectivity index (χ0n) is 19.3. The summed E-state index contributed by atoms with van der Waals surface area (Å²) in [7, 11) is 0. The molecule has 35 heavy (non-hydrogen) atoms. The number of hydrogen-bond donors (Lipinski definition) is 1. The van der Waals surface area contributed by atoms with Gasteiger partial charge >= 0.3 is 0 Å². The SMILES string of the molecule is CCOc1cc(/C=N\Nc2nc3ccccc3n2CC)cc(Br)c1OCc1ccc([N+](=O)[O-])cc1. The van der Waals surface area contributed by atoms with E-state index in [2.05, 4.69) is 42.9 Å². The number of ether oxygens (including phenoxy) is 2. The van der Waals surface area contributed by atoms with Crippen molar-refractivity contribution in [2.24, 2.45) is 5.10 Å². The monoisotopic (exact) mass is 537 g/mol. The lowest BCUT2D eigenvalue weighted by Crippen LogP contribution is -2.03. The van der Waals surface area contributed by atoms with Gasteiger partial charge in [0.15, 0.2) is 11.5 Å². The Morgan fingerprint density at radius 2 is 1.91 bits per heavy atom. The Hall–Kier alpha value is -3.92. The van der Waals surface area contributed by atoms with Gasteiger partial charge in [0.2, 0.25) is 5.95 Å². The van der Waals surface area contributed by atoms with Crippen LogP contribution in [0.1, 0.15) is 25.0 Å². The highest BCUT2D eigenvalue weighted by Gasteiger charge is 2.13. The normalized spacial score (nSPS) is 11.2. The summed E-state index contributed by atoms with van der Waals surface area (Å²) in [6.45, 7) is 5.41. The van der Waals surface area contributed by atoms with Gasteiger partial charge in [0.05, 0.1) is 33.3 Å². The molecule has 3 aromatic carbocycles. The minimum atomic E-state index is -0.429. The summed E-state index contributed by atoms with van der Waals surface area (Å²) >= 11 is 3.56. The quantitative estimate of drug-likeness (QED) is 0.148. The van der Waals surface area contributed by atoms with Gasteiger partial charge in [-0.15, -0.1) is 0 Å². The molecule has 0 unspecified atom stereocenters. The van der Waals surface area contributed by atoms with Crippen LogP contribution in [0.2, 0.25) is 0 Å². The molecule has 0 radical (unpaired) electrons. The molecule has 10 heteroatoms. The van der Waals surface area contributed by atoms with Gasteiger partial charge in [-0.05, 0) is 77.3 Å². The van der Waals surface area contributed by atoms with Crippen molar-refractivity contribution in [1.29, 1.82) is 0 Å². The lowest BCUT2D eigenvalue weighted by molar-refractivity contribution is -0.384. The van der Waals surface area contributed by atoms with E-state index in [-0.39, 0.29) is 12.3 Å². The van der Waals surface area contributed by atoms with Crippen LogP contribution in [0.15, 0.2) is 70.2 Å². The van der Waals surface area contributed by atoms with E-state index in [1.807, 2.05) is 43.3 Å². The highest BCUT2D eigenvalue weighted by molar-refractivity contribution is 9.10. The van der Waals surface area contributed by atoms with Crippen LogP contribution in [0.3, 0.4) is 0 Å². The van der Waals surface area contributed by atoms with E-state index in [9.17, 15) is 10.1 Å². The number of aromatic nitrogens is 2. The third kappa shape index (κ3) is 5.60. The molecule has 0 bridgehead atoms. The molecule has 0 saturated carbocycles. The average Bonchev–Trinajstić information content (AvgIpc) is 3.21. The van der Waals surface area contributed by atoms with E-state index in [1.165, 1.54) is 12.1 Å². The van der Waals surface area contributed by atoms with Crippen LogP contribution in [0.5, 0.6) is 11.5 Å². The molecule has 0 fully saturated rings. The molecule has 9 nitrogen and oxygen atoms in total. The second-order valence-corrected chi connectivity index (χ2v) is 8.37. The summed E-state index contributed by atoms with van der Waals surface area (Å²) in [5, 5.41) is 15.2. The summed E-state index contributed by atoms with van der Waals surface area (Å²) in [4.78, 5) is 15.0. The van der Waals surface area contributed by atoms with Crippen LogP contribution in [-0.2, 0) is 13.2 Å². The van der Waals surface area contributed by atoms with Crippen molar-refractivity contribution in [2.45, 2.75) is 27.0 Å². The number of halogens is 1. The maximum Gasteiger partial charge on any atom is 0.269 e. The number of aryl methyl sites for hydroxylation is 1. The van der Waals surface area contributed by atoms with Crippen LogP contribution in [0.4, 0.5) is 11.6 Å². The van der Waals surface area contributed by atoms with Crippen molar-refractivity contribution < 1.29 is 14.4 Å². The number of nitro groups is 1. The van der Waals surface area contributed by atoms with Gasteiger partial charge in [0, 0.05) is 18.7 Å². The summed E-state index contributed by atoms with van der Waals surface area (Å²) in [5.41, 5.74) is 6.63. The maximum atomic E-state index is 10.8. The number of nitrogens with zero attached hydrogens (tertiary/aromatic N) is 4. The Bertz CT molecular complexity index is 1370. The molecule has 4 rings (SSSR count). The van der Waals surface area contributed by atoms with Gasteiger partial charge in [0.1, 0.15) is 6.61 Å². The van der Waals surface area contributed by atoms with Crippen molar-refractivity contribution in [3.63, 3.8) is 0 Å². The molecular weight excluding hydrogens is 514 g/mol. The minimum Gasteiger partial charge on any atom is -0.490 e. The number of hydrogen-bond acceptors (Lipinski definition) is 7. The van der Waals surface area contributed by atoms with Gasteiger partial charge in [-0.25, -0.2) is 10.4 Å². The molecule has 1 aromatic heterocycles. The first-order valence-electron chi connectivity index (χ1n) is 11.1. The summed E-state index contributed by atoms with van der Waals surface area (Å²) in [6.07, 6.45) is 1.69. The van der Waals surface area contributed by atoms with E-state index < -0.39 is 4.92 Å². The van der Waals surface area contributed by atoms with Gasteiger partial charge in [-0.1, -0.05) is 12.1 Å². The number of benzene rings is 3. The van der Waals surface area contributed by atoms with Crippen molar-refractivity contribution in [2.75, 3.05) is 12.0 Å². The Labute approximate surface area is 210 Å². The molecule has 1 heterocycles. The fourth-order valence-corrected chi connectivity index (χ4v) is 4.15. The van der Waals surface area contributed by atoms with Gasteiger partial charge in [-0.3, -0.25) is 10.1 Å². The molecule has 180 valence electrons. The predicted octanol–water partition coefficient (Wildman–Crippen LogP) is 6.15. The molecule has 0 saturated heterocycles. The average molecular weight is 538 g/mol. The molecule has 4 aromatic rings. The zero-order valence-corrected chi connectivity index (χ0v) is 20.9. The topological polar surface area (TPSA) is 104 Å². The van der Waals surface area contributed by atoms with E-state index in [4.69, 9.17) is 9.47 Å². The Morgan fingerprint density at radius 3 is 2.63 bits per heavy atom. The number of non-ortho nitro benzene ring substituents is 1. The van der Waals surface area contributed by atoms with Crippen LogP contribution in [0, 0.1) is 10.1 Å². The molecule has 1 N–H and O–H groups in total. The first-order chi connectivity index (χ1) is 17.0. The number of nitro benzene ring substituents is 1. The molecule has 0 atom stereocenters. The van der Waals surface area contributed by atoms with Crippen molar-refractivity contribution in [3.05, 3.63) is 86.4 Å². The van der Waals surface area contributed by atoms with E-state index >= 15 is 0 Å². The lowest BCUT2D eigenvalue weighted by Gasteiger charge is -2.14. The Morgan fingerprint density at radius 1 is 1.14 bits per heavy atom. The first kappa shape index (κ1) is 24.2. The van der Waals surface area contributed by atoms with Gasteiger partial charge in [-0.2, -0.15) is 5.10 Å². The van der Waals surface area contributed by atoms with Crippen molar-refractivity contribution in [1.82, 2.24) is 9.55 Å². The third-order valence-corrected chi connectivity index (χ3v) is 5.80. The molecule has 0 aliphatic rings. The first-order valence-corrected chi connectivity index (χ1v) is 11.9. The largest absolute Gasteiger partial charge is 0.490 e. The highest BCUT2D eigenvalue weighted by atomic mass is 79.9. The number of rotatable bonds is 10. The summed E-state index contributed by atoms with van der Waals surface area (Å²) in [6, 6.07) is 17.9. The van der Waals surface area contributed by atoms with E-state index in [0.717, 1.165) is 28.7 Å². The van der Waals surface area contributed by atoms with Crippen molar-refractivity contribution in [3.8, 4) is 11.5 Å². The third-order valence-electron chi connectivity index (χ3n) is 5.21. The number of para-hydroxylation sites is 2. The van der Waals surface area contributed by atoms with Gasteiger partial charge < -0.3 is 14.0 Å². The highest BCUT2D eigenvalue weighted by Crippen LogP contribution is 2.37. The predicted molar refractivity (Wildman–Crippen MR) is 139 cm³/mol. The second-order valence-electron chi connectivity index (χ2n) is 7.51. The lowest BCUT2D eigenvalue weighted by atomic mass is 10.2. The molecule has 0 spiro atoms. The number of imidazole rings is 1. The Kier molecular flexibility index (Phi) is 7.61. The maximum absolute atomic E-state index is 10.8. The standard InChI is InChI=1S/C25H24BrN5O4/c1-3-30-22-8-6-5-7-21(22)28-25(30)29-27-15-18-13-20(26)24(23(14-18)34-4-2)35-16-17-9-11-19(12-10-17)31(32)33/h5-15H,3-4,16H2,1-2H3,(H,28,29)/b27-15-. The fourth-order valence-electron chi connectivity index (χ4n) is 3.58. The number of fused-ring (bicyclic) bond motifs is 1. The van der Waals surface area contributed by atoms with Gasteiger partial charge in [0.25, 0.3) is 5.69 Å². The van der Waals surface area contributed by atoms with Crippen molar-refractivity contribution >= 4 is 44.8 Å². The summed E-state index contributed by atoms with van der Waals surface area (Å²) < 4.78 is 14.5. The zero-order chi connectivity index (χ0) is 24.8. The van der Waals surface area contributed by atoms with E-state index in [1.54, 1.807) is 18.3 Å². The molecular formula is C25H24BrN5O4. The smallest absolute Gasteiger partial charge is 0.269 e. The van der Waals surface area contributed by atoms with Crippen LogP contribution in [-0.4, -0.2) is 27.3 Å². The molecule has 0 amide bonds. The number of anilines is 1. The summed E-state index contributed by atoms with van der Waals surface area (Å²) in [5.74, 6) is 1.77. The van der Waals surface area contributed by atoms with Crippen LogP contribution < -0.4 is 14.9 Å². The number of hydrazone groups is 1. The second kappa shape index (κ2) is 11.0. The van der Waals surface area contributed by atoms with Crippen LogP contribution in [0.25, 0.3) is 11.0 Å². The Balaban J connectivity index is 1.50. The molecule has 0 aliphatic carbocycles. The van der Waals surface area contributed by atoms with E-state index in [0.29, 0.717) is 28.5 Å².